The van der Waals surface area contributed by atoms with Gasteiger partial charge in [-0.25, -0.2) is 0 Å². The molecule has 0 aliphatic heterocycles. The predicted molar refractivity (Wildman–Crippen MR) is 329 cm³/mol. The second kappa shape index (κ2) is 64.8. The molecule has 0 aliphatic carbocycles. The van der Waals surface area contributed by atoms with Gasteiger partial charge in [-0.1, -0.05) is 316 Å². The minimum atomic E-state index is -0.778. The Kier molecular flexibility index (Phi) is 61.9. The Bertz CT molecular complexity index is 1460. The number of carbonyl (C=O) groups excluding carboxylic acids is 2. The molecular formula is C70H120O5. The maximum absolute atomic E-state index is 12.3. The van der Waals surface area contributed by atoms with E-state index in [0.717, 1.165) is 96.3 Å². The van der Waals surface area contributed by atoms with Gasteiger partial charge in [0, 0.05) is 12.8 Å². The van der Waals surface area contributed by atoms with Gasteiger partial charge in [0.15, 0.2) is 6.10 Å². The molecule has 5 heteroatoms. The lowest BCUT2D eigenvalue weighted by Gasteiger charge is -2.15. The maximum atomic E-state index is 12.3. The van der Waals surface area contributed by atoms with Crippen LogP contribution in [0.2, 0.25) is 0 Å². The molecule has 430 valence electrons. The zero-order valence-electron chi connectivity index (χ0n) is 49.3. The summed E-state index contributed by atoms with van der Waals surface area (Å²) in [5.74, 6) is -0.585. The van der Waals surface area contributed by atoms with E-state index in [4.69, 9.17) is 9.47 Å². The number of esters is 2. The van der Waals surface area contributed by atoms with Crippen LogP contribution in [-0.2, 0) is 19.1 Å². The fourth-order valence-corrected chi connectivity index (χ4v) is 9.08. The Balaban J connectivity index is 3.52. The van der Waals surface area contributed by atoms with E-state index in [0.29, 0.717) is 12.8 Å². The van der Waals surface area contributed by atoms with E-state index in [9.17, 15) is 14.7 Å². The first-order valence-electron chi connectivity index (χ1n) is 31.9. The minimum Gasteiger partial charge on any atom is -0.462 e. The molecule has 1 N–H and O–H groups in total. The van der Waals surface area contributed by atoms with Gasteiger partial charge in [0.1, 0.15) is 6.61 Å². The topological polar surface area (TPSA) is 72.8 Å². The third kappa shape index (κ3) is 63.0. The molecule has 0 heterocycles. The molecule has 75 heavy (non-hydrogen) atoms. The first-order chi connectivity index (χ1) is 37.1. The van der Waals surface area contributed by atoms with Gasteiger partial charge in [-0.15, -0.1) is 0 Å². The highest BCUT2D eigenvalue weighted by Crippen LogP contribution is 2.17. The van der Waals surface area contributed by atoms with E-state index in [1.54, 1.807) is 0 Å². The molecule has 0 saturated heterocycles. The number of aliphatic hydroxyl groups is 1. The third-order valence-electron chi connectivity index (χ3n) is 13.8. The number of unbranched alkanes of at least 4 members (excludes halogenated alkanes) is 32. The number of ether oxygens (including phenoxy) is 2. The summed E-state index contributed by atoms with van der Waals surface area (Å²) in [4.78, 5) is 24.6. The van der Waals surface area contributed by atoms with Crippen LogP contribution < -0.4 is 0 Å². The Morgan fingerprint density at radius 2 is 0.573 bits per heavy atom. The number of hydrogen-bond acceptors (Lipinski definition) is 5. The molecule has 0 fully saturated rings. The van der Waals surface area contributed by atoms with Gasteiger partial charge < -0.3 is 14.6 Å². The van der Waals surface area contributed by atoms with Crippen LogP contribution in [0.5, 0.6) is 0 Å². The van der Waals surface area contributed by atoms with Crippen LogP contribution in [0.25, 0.3) is 0 Å². The second-order valence-electron chi connectivity index (χ2n) is 21.1. The summed E-state index contributed by atoms with van der Waals surface area (Å²) in [7, 11) is 0. The van der Waals surface area contributed by atoms with E-state index in [1.807, 2.05) is 0 Å². The van der Waals surface area contributed by atoms with Crippen LogP contribution in [0.3, 0.4) is 0 Å². The highest BCUT2D eigenvalue weighted by molar-refractivity contribution is 5.70. The first-order valence-corrected chi connectivity index (χ1v) is 31.9. The smallest absolute Gasteiger partial charge is 0.306 e. The Labute approximate surface area is 465 Å². The van der Waals surface area contributed by atoms with Crippen LogP contribution >= 0.6 is 0 Å². The van der Waals surface area contributed by atoms with Crippen molar-refractivity contribution < 1.29 is 24.2 Å². The molecular weight excluding hydrogens is 921 g/mol. The number of hydrogen-bond donors (Lipinski definition) is 1. The highest BCUT2D eigenvalue weighted by Gasteiger charge is 2.16. The number of aliphatic hydroxyl groups excluding tert-OH is 1. The molecule has 0 aromatic carbocycles. The fourth-order valence-electron chi connectivity index (χ4n) is 9.08. The van der Waals surface area contributed by atoms with Gasteiger partial charge in [0.2, 0.25) is 0 Å². The standard InChI is InChI=1S/C70H120O5/c1-3-5-7-9-11-13-15-17-19-21-23-25-27-28-29-30-31-32-33-34-35-36-37-38-39-40-41-42-43-45-47-49-51-53-55-57-59-61-63-65-70(73)75-68(66-71)67-74-69(72)64-62-60-58-56-54-52-50-48-46-44-26-24-22-20-18-16-14-12-10-8-6-4-2/h5,7,11,13,17,19,23,25,28-29,31-32,34-35,37-38,40-41,68,71H,3-4,6,8-10,12,14-16,18,20-22,24,26-27,30,33,36,39,42-67H2,1-2H3/b7-5-,13-11-,19-17-,25-23-,29-28-,32-31-,35-34-,38-37-,41-40-. The van der Waals surface area contributed by atoms with Crippen molar-refractivity contribution in [2.45, 2.75) is 309 Å². The van der Waals surface area contributed by atoms with E-state index in [2.05, 4.69) is 123 Å². The van der Waals surface area contributed by atoms with Crippen LogP contribution in [0, 0.1) is 0 Å². The molecule has 0 aliphatic rings. The van der Waals surface area contributed by atoms with E-state index in [-0.39, 0.29) is 25.2 Å². The molecule has 0 bridgehead atoms. The summed E-state index contributed by atoms with van der Waals surface area (Å²) in [5, 5.41) is 9.68. The summed E-state index contributed by atoms with van der Waals surface area (Å²) < 4.78 is 10.7. The SMILES string of the molecule is CC/C=C\C/C=C\C/C=C\C/C=C\C/C=C\C/C=C\C/C=C\C/C=C\C/C=C\CCCCCCCCCCCCCC(=O)OC(CO)COC(=O)CCCCCCCCCCCCCCCCCCCCCCCC. The molecule has 1 atom stereocenters. The maximum Gasteiger partial charge on any atom is 0.306 e. The average Bonchev–Trinajstić information content (AvgIpc) is 3.41. The molecule has 5 nitrogen and oxygen atoms in total. The molecule has 1 unspecified atom stereocenters. The van der Waals surface area contributed by atoms with Crippen molar-refractivity contribution in [1.82, 2.24) is 0 Å². The summed E-state index contributed by atoms with van der Waals surface area (Å²) >= 11 is 0. The second-order valence-corrected chi connectivity index (χ2v) is 21.1. The summed E-state index contributed by atoms with van der Waals surface area (Å²) in [6.45, 7) is 4.06. The van der Waals surface area contributed by atoms with Crippen molar-refractivity contribution in [3.63, 3.8) is 0 Å². The fraction of sp³-hybridized carbons (Fsp3) is 0.714. The molecule has 0 aromatic heterocycles. The number of rotatable bonds is 58. The van der Waals surface area contributed by atoms with E-state index in [1.165, 1.54) is 180 Å². The third-order valence-corrected chi connectivity index (χ3v) is 13.8. The lowest BCUT2D eigenvalue weighted by atomic mass is 10.0. The average molecular weight is 1040 g/mol. The van der Waals surface area contributed by atoms with Crippen molar-refractivity contribution in [1.29, 1.82) is 0 Å². The monoisotopic (exact) mass is 1040 g/mol. The van der Waals surface area contributed by atoms with Crippen LogP contribution in [-0.4, -0.2) is 36.4 Å². The lowest BCUT2D eigenvalue weighted by molar-refractivity contribution is -0.161. The van der Waals surface area contributed by atoms with Crippen molar-refractivity contribution in [2.24, 2.45) is 0 Å². The van der Waals surface area contributed by atoms with Gasteiger partial charge in [-0.2, -0.15) is 0 Å². The molecule has 0 spiro atoms. The van der Waals surface area contributed by atoms with Crippen molar-refractivity contribution in [3.8, 4) is 0 Å². The Morgan fingerprint density at radius 3 is 0.867 bits per heavy atom. The van der Waals surface area contributed by atoms with Crippen molar-refractivity contribution >= 4 is 11.9 Å². The van der Waals surface area contributed by atoms with Gasteiger partial charge >= 0.3 is 11.9 Å². The molecule has 0 saturated carbocycles. The molecule has 0 rings (SSSR count). The van der Waals surface area contributed by atoms with Crippen LogP contribution in [0.15, 0.2) is 109 Å². The Hall–Kier alpha value is -3.44. The van der Waals surface area contributed by atoms with Crippen molar-refractivity contribution in [3.05, 3.63) is 109 Å². The van der Waals surface area contributed by atoms with Crippen molar-refractivity contribution in [2.75, 3.05) is 13.2 Å². The van der Waals surface area contributed by atoms with Gasteiger partial charge in [-0.3, -0.25) is 9.59 Å². The molecule has 0 amide bonds. The zero-order valence-corrected chi connectivity index (χ0v) is 49.3. The largest absolute Gasteiger partial charge is 0.462 e. The first kappa shape index (κ1) is 71.6. The zero-order chi connectivity index (χ0) is 54.1. The van der Waals surface area contributed by atoms with Gasteiger partial charge in [-0.05, 0) is 83.5 Å². The predicted octanol–water partition coefficient (Wildman–Crippen LogP) is 22.0. The van der Waals surface area contributed by atoms with Gasteiger partial charge in [0.05, 0.1) is 6.61 Å². The Morgan fingerprint density at radius 1 is 0.320 bits per heavy atom. The summed E-state index contributed by atoms with van der Waals surface area (Å²) in [6, 6.07) is 0. The molecule has 0 aromatic rings. The van der Waals surface area contributed by atoms with Crippen LogP contribution in [0.1, 0.15) is 303 Å². The van der Waals surface area contributed by atoms with E-state index >= 15 is 0 Å². The normalized spacial score (nSPS) is 12.9. The van der Waals surface area contributed by atoms with E-state index < -0.39 is 6.10 Å². The molecule has 0 radical (unpaired) electrons. The summed E-state index contributed by atoms with van der Waals surface area (Å²) in [5.41, 5.74) is 0. The lowest BCUT2D eigenvalue weighted by Crippen LogP contribution is -2.28. The quantitative estimate of drug-likeness (QED) is 0.0373. The minimum absolute atomic E-state index is 0.0674. The highest BCUT2D eigenvalue weighted by atomic mass is 16.6. The summed E-state index contributed by atoms with van der Waals surface area (Å²) in [6.07, 6.45) is 93.7. The van der Waals surface area contributed by atoms with Crippen LogP contribution in [0.4, 0.5) is 0 Å². The number of carbonyl (C=O) groups is 2. The van der Waals surface area contributed by atoms with Gasteiger partial charge in [0.25, 0.3) is 0 Å². The number of allylic oxidation sites excluding steroid dienone is 18.